The third kappa shape index (κ3) is 6.04. The van der Waals surface area contributed by atoms with Crippen LogP contribution in [0.25, 0.3) is 0 Å². The second-order valence-electron chi connectivity index (χ2n) is 7.33. The van der Waals surface area contributed by atoms with E-state index in [0.29, 0.717) is 48.2 Å². The standard InChI is InChI=1S/C21H20Br2N8O3/c1-13-2-5-17(16(23)10-13)25-19-26-20(28-21(27-19)30-6-8-34-9-7-30)29-24-12-14-3-4-15(22)18(11-14)31(32)33/h2-5,10-12H,6-9H2,1H3,(H2,25,26,27,28,29)/b24-12-. The van der Waals surface area contributed by atoms with Gasteiger partial charge in [-0.05, 0) is 62.5 Å². The lowest BCUT2D eigenvalue weighted by Crippen LogP contribution is -2.37. The Bertz CT molecular complexity index is 1230. The molecule has 11 nitrogen and oxygen atoms in total. The summed E-state index contributed by atoms with van der Waals surface area (Å²) in [5.74, 6) is 1.06. The summed E-state index contributed by atoms with van der Waals surface area (Å²) in [6, 6.07) is 10.6. The van der Waals surface area contributed by atoms with Crippen LogP contribution in [0.2, 0.25) is 0 Å². The normalized spacial score (nSPS) is 13.8. The number of anilines is 4. The molecular formula is C21H20Br2N8O3. The van der Waals surface area contributed by atoms with Gasteiger partial charge in [0.05, 0.1) is 34.5 Å². The van der Waals surface area contributed by atoms with E-state index in [9.17, 15) is 10.1 Å². The lowest BCUT2D eigenvalue weighted by molar-refractivity contribution is -0.385. The number of nitrogens with one attached hydrogen (secondary N) is 2. The van der Waals surface area contributed by atoms with Crippen LogP contribution in [0.5, 0.6) is 0 Å². The second-order valence-corrected chi connectivity index (χ2v) is 9.04. The van der Waals surface area contributed by atoms with Crippen molar-refractivity contribution in [3.8, 4) is 0 Å². The third-order valence-corrected chi connectivity index (χ3v) is 6.16. The van der Waals surface area contributed by atoms with Gasteiger partial charge in [-0.1, -0.05) is 12.1 Å². The van der Waals surface area contributed by atoms with Crippen molar-refractivity contribution in [2.75, 3.05) is 41.9 Å². The Balaban J connectivity index is 1.59. The Morgan fingerprint density at radius 3 is 2.59 bits per heavy atom. The van der Waals surface area contributed by atoms with E-state index in [2.05, 4.69) is 62.7 Å². The van der Waals surface area contributed by atoms with Crippen molar-refractivity contribution in [2.24, 2.45) is 5.10 Å². The van der Waals surface area contributed by atoms with Crippen molar-refractivity contribution in [3.05, 3.63) is 66.6 Å². The number of aromatic nitrogens is 3. The van der Waals surface area contributed by atoms with E-state index < -0.39 is 4.92 Å². The van der Waals surface area contributed by atoms with Crippen molar-refractivity contribution in [1.29, 1.82) is 0 Å². The number of halogens is 2. The molecule has 0 aliphatic carbocycles. The minimum Gasteiger partial charge on any atom is -0.378 e. The van der Waals surface area contributed by atoms with Crippen LogP contribution in [0, 0.1) is 17.0 Å². The number of rotatable bonds is 7. The van der Waals surface area contributed by atoms with E-state index >= 15 is 0 Å². The Morgan fingerprint density at radius 1 is 1.09 bits per heavy atom. The second kappa shape index (κ2) is 10.8. The maximum absolute atomic E-state index is 11.2. The highest BCUT2D eigenvalue weighted by Gasteiger charge is 2.17. The number of nitrogens with zero attached hydrogens (tertiary/aromatic N) is 6. The summed E-state index contributed by atoms with van der Waals surface area (Å²) in [6.07, 6.45) is 1.46. The van der Waals surface area contributed by atoms with E-state index in [4.69, 9.17) is 4.74 Å². The molecule has 1 fully saturated rings. The number of hydrogen-bond donors (Lipinski definition) is 2. The highest BCUT2D eigenvalue weighted by Crippen LogP contribution is 2.27. The Morgan fingerprint density at radius 2 is 1.85 bits per heavy atom. The fraction of sp³-hybridized carbons (Fsp3) is 0.238. The number of aryl methyl sites for hydroxylation is 1. The molecule has 0 amide bonds. The summed E-state index contributed by atoms with van der Waals surface area (Å²) in [4.78, 5) is 26.2. The Kier molecular flexibility index (Phi) is 7.65. The molecule has 4 rings (SSSR count). The SMILES string of the molecule is Cc1ccc(Nc2nc(N/N=C\c3ccc(Br)c([N+](=O)[O-])c3)nc(N3CCOCC3)n2)c(Br)c1. The van der Waals surface area contributed by atoms with Gasteiger partial charge in [0.25, 0.3) is 5.69 Å². The third-order valence-electron chi connectivity index (χ3n) is 4.83. The first-order valence-electron chi connectivity index (χ1n) is 10.2. The van der Waals surface area contributed by atoms with Crippen LogP contribution in [0.4, 0.5) is 29.2 Å². The quantitative estimate of drug-likeness (QED) is 0.229. The van der Waals surface area contributed by atoms with Crippen LogP contribution in [-0.4, -0.2) is 52.4 Å². The molecule has 13 heteroatoms. The van der Waals surface area contributed by atoms with Gasteiger partial charge in [0.15, 0.2) is 0 Å². The summed E-state index contributed by atoms with van der Waals surface area (Å²) in [6.45, 7) is 4.49. The number of hydrogen-bond acceptors (Lipinski definition) is 10. The molecule has 0 saturated carbocycles. The number of benzene rings is 2. The predicted octanol–water partition coefficient (Wildman–Crippen LogP) is 4.64. The lowest BCUT2D eigenvalue weighted by atomic mass is 10.2. The van der Waals surface area contributed by atoms with Crippen LogP contribution in [0.15, 0.2) is 50.4 Å². The molecule has 0 atom stereocenters. The highest BCUT2D eigenvalue weighted by atomic mass is 79.9. The Hall–Kier alpha value is -3.16. The number of nitro benzene ring substituents is 1. The van der Waals surface area contributed by atoms with Crippen molar-refractivity contribution in [2.45, 2.75) is 6.92 Å². The van der Waals surface area contributed by atoms with E-state index in [1.54, 1.807) is 12.1 Å². The fourth-order valence-corrected chi connectivity index (χ4v) is 4.12. The largest absolute Gasteiger partial charge is 0.378 e. The average Bonchev–Trinajstić information content (AvgIpc) is 2.82. The van der Waals surface area contributed by atoms with E-state index in [-0.39, 0.29) is 11.6 Å². The van der Waals surface area contributed by atoms with Crippen LogP contribution < -0.4 is 15.6 Å². The van der Waals surface area contributed by atoms with Gasteiger partial charge < -0.3 is 15.0 Å². The van der Waals surface area contributed by atoms with Crippen LogP contribution >= 0.6 is 31.9 Å². The van der Waals surface area contributed by atoms with Crippen molar-refractivity contribution < 1.29 is 9.66 Å². The average molecular weight is 592 g/mol. The summed E-state index contributed by atoms with van der Waals surface area (Å²) in [5.41, 5.74) is 5.23. The molecule has 34 heavy (non-hydrogen) atoms. The molecule has 176 valence electrons. The Labute approximate surface area is 212 Å². The van der Waals surface area contributed by atoms with Crippen LogP contribution in [0.3, 0.4) is 0 Å². The zero-order valence-electron chi connectivity index (χ0n) is 18.0. The molecule has 1 aromatic heterocycles. The first-order valence-corrected chi connectivity index (χ1v) is 11.8. The van der Waals surface area contributed by atoms with Gasteiger partial charge in [-0.3, -0.25) is 10.1 Å². The van der Waals surface area contributed by atoms with Gasteiger partial charge in [0.1, 0.15) is 0 Å². The lowest BCUT2D eigenvalue weighted by Gasteiger charge is -2.27. The molecular weight excluding hydrogens is 572 g/mol. The minimum atomic E-state index is -0.462. The monoisotopic (exact) mass is 590 g/mol. The zero-order chi connectivity index (χ0) is 24.1. The molecule has 0 spiro atoms. The summed E-state index contributed by atoms with van der Waals surface area (Å²) < 4.78 is 6.70. The summed E-state index contributed by atoms with van der Waals surface area (Å²) in [7, 11) is 0. The molecule has 1 saturated heterocycles. The molecule has 2 N–H and O–H groups in total. The van der Waals surface area contributed by atoms with Gasteiger partial charge in [-0.15, -0.1) is 0 Å². The summed E-state index contributed by atoms with van der Waals surface area (Å²) >= 11 is 6.73. The maximum Gasteiger partial charge on any atom is 0.284 e. The predicted molar refractivity (Wildman–Crippen MR) is 137 cm³/mol. The molecule has 2 aromatic carbocycles. The number of nitro groups is 1. The molecule has 0 bridgehead atoms. The summed E-state index contributed by atoms with van der Waals surface area (Å²) in [5, 5.41) is 18.5. The molecule has 1 aliphatic rings. The fourth-order valence-electron chi connectivity index (χ4n) is 3.13. The van der Waals surface area contributed by atoms with E-state index in [0.717, 1.165) is 15.7 Å². The molecule has 0 radical (unpaired) electrons. The van der Waals surface area contributed by atoms with Gasteiger partial charge in [-0.25, -0.2) is 5.43 Å². The number of ether oxygens (including phenoxy) is 1. The van der Waals surface area contributed by atoms with Gasteiger partial charge >= 0.3 is 0 Å². The topological polar surface area (TPSA) is 131 Å². The van der Waals surface area contributed by atoms with E-state index in [1.165, 1.54) is 12.3 Å². The molecule has 3 aromatic rings. The van der Waals surface area contributed by atoms with Crippen LogP contribution in [-0.2, 0) is 4.74 Å². The van der Waals surface area contributed by atoms with Gasteiger partial charge in [-0.2, -0.15) is 20.1 Å². The van der Waals surface area contributed by atoms with Crippen molar-refractivity contribution in [3.63, 3.8) is 0 Å². The van der Waals surface area contributed by atoms with Crippen molar-refractivity contribution in [1.82, 2.24) is 15.0 Å². The van der Waals surface area contributed by atoms with Gasteiger partial charge in [0.2, 0.25) is 17.8 Å². The van der Waals surface area contributed by atoms with Crippen LogP contribution in [0.1, 0.15) is 11.1 Å². The molecule has 2 heterocycles. The van der Waals surface area contributed by atoms with E-state index in [1.807, 2.05) is 30.0 Å². The molecule has 1 aliphatic heterocycles. The smallest absolute Gasteiger partial charge is 0.284 e. The minimum absolute atomic E-state index is 0.0473. The highest BCUT2D eigenvalue weighted by molar-refractivity contribution is 9.11. The zero-order valence-corrected chi connectivity index (χ0v) is 21.2. The number of morpholine rings is 1. The maximum atomic E-state index is 11.2. The first kappa shape index (κ1) is 24.0. The first-order chi connectivity index (χ1) is 16.4. The van der Waals surface area contributed by atoms with Gasteiger partial charge in [0, 0.05) is 29.2 Å². The number of hydrazone groups is 1. The molecule has 0 unspecified atom stereocenters. The van der Waals surface area contributed by atoms with Crippen molar-refractivity contribution >= 4 is 67.3 Å².